The molecule has 2 aliphatic rings. The Balaban J connectivity index is 1.72. The summed E-state index contributed by atoms with van der Waals surface area (Å²) in [6.07, 6.45) is 8.73. The number of hydrogen-bond donors (Lipinski definition) is 1. The standard InChI is InChI=1S/C15H29NO/c1-14(2)5-4-6-15(8-7-14)11-13(15)12-16-9-10-17-3/h13,16H,4-12H2,1-3H3. The summed E-state index contributed by atoms with van der Waals surface area (Å²) in [5.74, 6) is 0.952. The molecule has 1 N–H and O–H groups in total. The molecular formula is C15H29NO. The van der Waals surface area contributed by atoms with Crippen LogP contribution in [0.3, 0.4) is 0 Å². The first kappa shape index (κ1) is 13.4. The summed E-state index contributed by atoms with van der Waals surface area (Å²) in [4.78, 5) is 0. The van der Waals surface area contributed by atoms with E-state index in [9.17, 15) is 0 Å². The minimum Gasteiger partial charge on any atom is -0.383 e. The number of methoxy groups -OCH3 is 1. The van der Waals surface area contributed by atoms with Gasteiger partial charge in [-0.3, -0.25) is 0 Å². The summed E-state index contributed by atoms with van der Waals surface area (Å²) in [5, 5.41) is 3.54. The van der Waals surface area contributed by atoms with E-state index in [2.05, 4.69) is 19.2 Å². The first-order chi connectivity index (χ1) is 8.08. The Morgan fingerprint density at radius 3 is 2.76 bits per heavy atom. The van der Waals surface area contributed by atoms with Gasteiger partial charge >= 0.3 is 0 Å². The quantitative estimate of drug-likeness (QED) is 0.744. The lowest BCUT2D eigenvalue weighted by molar-refractivity contribution is 0.198. The van der Waals surface area contributed by atoms with Crippen LogP contribution in [-0.4, -0.2) is 26.8 Å². The number of nitrogens with one attached hydrogen (secondary N) is 1. The summed E-state index contributed by atoms with van der Waals surface area (Å²) in [5.41, 5.74) is 1.33. The van der Waals surface area contributed by atoms with Crippen molar-refractivity contribution in [3.63, 3.8) is 0 Å². The van der Waals surface area contributed by atoms with E-state index in [1.54, 1.807) is 7.11 Å². The Bertz CT molecular complexity index is 251. The minimum absolute atomic E-state index is 0.597. The predicted molar refractivity (Wildman–Crippen MR) is 72.2 cm³/mol. The van der Waals surface area contributed by atoms with Crippen molar-refractivity contribution in [1.29, 1.82) is 0 Å². The molecule has 2 fully saturated rings. The second kappa shape index (κ2) is 5.27. The van der Waals surface area contributed by atoms with Gasteiger partial charge in [0.15, 0.2) is 0 Å². The van der Waals surface area contributed by atoms with Crippen molar-refractivity contribution in [3.8, 4) is 0 Å². The van der Waals surface area contributed by atoms with Gasteiger partial charge in [-0.1, -0.05) is 20.3 Å². The highest BCUT2D eigenvalue weighted by Gasteiger charge is 2.53. The van der Waals surface area contributed by atoms with Crippen molar-refractivity contribution in [2.45, 2.75) is 52.4 Å². The molecule has 0 saturated heterocycles. The first-order valence-electron chi connectivity index (χ1n) is 7.28. The van der Waals surface area contributed by atoms with Crippen LogP contribution in [0.25, 0.3) is 0 Å². The van der Waals surface area contributed by atoms with Crippen molar-refractivity contribution in [2.75, 3.05) is 26.8 Å². The number of ether oxygens (including phenoxy) is 1. The lowest BCUT2D eigenvalue weighted by Crippen LogP contribution is -2.23. The lowest BCUT2D eigenvalue weighted by Gasteiger charge is -2.22. The Hall–Kier alpha value is -0.0800. The normalized spacial score (nSPS) is 35.8. The van der Waals surface area contributed by atoms with Gasteiger partial charge in [0.1, 0.15) is 0 Å². The van der Waals surface area contributed by atoms with Crippen molar-refractivity contribution in [3.05, 3.63) is 0 Å². The maximum Gasteiger partial charge on any atom is 0.0587 e. The molecular weight excluding hydrogens is 210 g/mol. The van der Waals surface area contributed by atoms with Crippen LogP contribution in [0.4, 0.5) is 0 Å². The van der Waals surface area contributed by atoms with Gasteiger partial charge in [0.25, 0.3) is 0 Å². The molecule has 0 aromatic rings. The van der Waals surface area contributed by atoms with Gasteiger partial charge < -0.3 is 10.1 Å². The van der Waals surface area contributed by atoms with E-state index in [1.165, 1.54) is 45.1 Å². The highest BCUT2D eigenvalue weighted by atomic mass is 16.5. The zero-order valence-electron chi connectivity index (χ0n) is 11.8. The molecule has 2 aliphatic carbocycles. The van der Waals surface area contributed by atoms with Gasteiger partial charge in [0, 0.05) is 13.7 Å². The van der Waals surface area contributed by atoms with E-state index in [0.717, 1.165) is 24.5 Å². The highest BCUT2D eigenvalue weighted by Crippen LogP contribution is 2.61. The fourth-order valence-electron chi connectivity index (χ4n) is 3.54. The van der Waals surface area contributed by atoms with Crippen molar-refractivity contribution < 1.29 is 4.74 Å². The molecule has 17 heavy (non-hydrogen) atoms. The molecule has 0 aromatic heterocycles. The fraction of sp³-hybridized carbons (Fsp3) is 1.00. The average molecular weight is 239 g/mol. The SMILES string of the molecule is COCCNCC1CC12CCCC(C)(C)CC2. The predicted octanol–water partition coefficient (Wildman–Crippen LogP) is 3.22. The van der Waals surface area contributed by atoms with Gasteiger partial charge in [0.2, 0.25) is 0 Å². The largest absolute Gasteiger partial charge is 0.383 e. The Morgan fingerprint density at radius 1 is 1.18 bits per heavy atom. The van der Waals surface area contributed by atoms with Crippen LogP contribution in [0.5, 0.6) is 0 Å². The van der Waals surface area contributed by atoms with Crippen molar-refractivity contribution >= 4 is 0 Å². The number of hydrogen-bond acceptors (Lipinski definition) is 2. The van der Waals surface area contributed by atoms with E-state index in [4.69, 9.17) is 4.74 Å². The van der Waals surface area contributed by atoms with Gasteiger partial charge in [-0.25, -0.2) is 0 Å². The average Bonchev–Trinajstić information content (AvgIpc) is 2.98. The third kappa shape index (κ3) is 3.45. The van der Waals surface area contributed by atoms with E-state index >= 15 is 0 Å². The molecule has 1 spiro atoms. The second-order valence-electron chi connectivity index (χ2n) is 6.98. The Kier molecular flexibility index (Phi) is 4.14. The van der Waals surface area contributed by atoms with Crippen LogP contribution < -0.4 is 5.32 Å². The van der Waals surface area contributed by atoms with Crippen LogP contribution in [0, 0.1) is 16.7 Å². The summed E-state index contributed by atoms with van der Waals surface area (Å²) in [6.45, 7) is 7.95. The van der Waals surface area contributed by atoms with Crippen LogP contribution in [-0.2, 0) is 4.74 Å². The van der Waals surface area contributed by atoms with E-state index in [-0.39, 0.29) is 0 Å². The van der Waals surface area contributed by atoms with Gasteiger partial charge in [-0.05, 0) is 55.4 Å². The third-order valence-electron chi connectivity index (χ3n) is 5.06. The van der Waals surface area contributed by atoms with Crippen LogP contribution in [0.2, 0.25) is 0 Å². The summed E-state index contributed by atoms with van der Waals surface area (Å²) in [7, 11) is 1.77. The maximum absolute atomic E-state index is 5.07. The lowest BCUT2D eigenvalue weighted by atomic mass is 9.84. The van der Waals surface area contributed by atoms with Crippen LogP contribution in [0.1, 0.15) is 52.4 Å². The van der Waals surface area contributed by atoms with E-state index < -0.39 is 0 Å². The summed E-state index contributed by atoms with van der Waals surface area (Å²) < 4.78 is 5.07. The Morgan fingerprint density at radius 2 is 2.00 bits per heavy atom. The molecule has 0 radical (unpaired) electrons. The summed E-state index contributed by atoms with van der Waals surface area (Å²) >= 11 is 0. The minimum atomic E-state index is 0.597. The van der Waals surface area contributed by atoms with E-state index in [0.29, 0.717) is 5.41 Å². The van der Waals surface area contributed by atoms with Crippen LogP contribution >= 0.6 is 0 Å². The molecule has 0 aliphatic heterocycles. The zero-order chi connectivity index (χ0) is 12.4. The molecule has 2 nitrogen and oxygen atoms in total. The molecule has 2 unspecified atom stereocenters. The summed E-state index contributed by atoms with van der Waals surface area (Å²) in [6, 6.07) is 0. The monoisotopic (exact) mass is 239 g/mol. The van der Waals surface area contributed by atoms with Crippen molar-refractivity contribution in [1.82, 2.24) is 5.32 Å². The van der Waals surface area contributed by atoms with Gasteiger partial charge in [-0.15, -0.1) is 0 Å². The van der Waals surface area contributed by atoms with Crippen LogP contribution in [0.15, 0.2) is 0 Å². The maximum atomic E-state index is 5.07. The fourth-order valence-corrected chi connectivity index (χ4v) is 3.54. The molecule has 0 bridgehead atoms. The van der Waals surface area contributed by atoms with Crippen molar-refractivity contribution in [2.24, 2.45) is 16.7 Å². The highest BCUT2D eigenvalue weighted by molar-refractivity contribution is 5.04. The Labute approximate surface area is 107 Å². The molecule has 100 valence electrons. The number of rotatable bonds is 5. The molecule has 0 heterocycles. The second-order valence-corrected chi connectivity index (χ2v) is 6.98. The molecule has 2 saturated carbocycles. The van der Waals surface area contributed by atoms with Gasteiger partial charge in [0.05, 0.1) is 6.61 Å². The smallest absolute Gasteiger partial charge is 0.0587 e. The molecule has 2 rings (SSSR count). The third-order valence-corrected chi connectivity index (χ3v) is 5.06. The molecule has 0 amide bonds. The molecule has 0 aromatic carbocycles. The molecule has 2 atom stereocenters. The topological polar surface area (TPSA) is 21.3 Å². The zero-order valence-corrected chi connectivity index (χ0v) is 11.8. The van der Waals surface area contributed by atoms with E-state index in [1.807, 2.05) is 0 Å². The first-order valence-corrected chi connectivity index (χ1v) is 7.28. The molecule has 2 heteroatoms. The van der Waals surface area contributed by atoms with Gasteiger partial charge in [-0.2, -0.15) is 0 Å².